The van der Waals surface area contributed by atoms with Gasteiger partial charge in [0.2, 0.25) is 0 Å². The van der Waals surface area contributed by atoms with E-state index in [1.165, 1.54) is 49.6 Å². The van der Waals surface area contributed by atoms with Crippen LogP contribution >= 0.6 is 46.4 Å². The summed E-state index contributed by atoms with van der Waals surface area (Å²) in [7, 11) is 0. The summed E-state index contributed by atoms with van der Waals surface area (Å²) >= 11 is 22.2. The number of hydrogen-bond acceptors (Lipinski definition) is 24. The molecule has 0 aliphatic rings. The fourth-order valence-corrected chi connectivity index (χ4v) is 7.93. The normalized spacial score (nSPS) is 11.5. The van der Waals surface area contributed by atoms with E-state index in [9.17, 15) is 39.6 Å². The van der Waals surface area contributed by atoms with Crippen LogP contribution in [0, 0.1) is 0 Å². The number of carboxylic acids is 4. The molecule has 8 heterocycles. The van der Waals surface area contributed by atoms with Crippen LogP contribution in [0.1, 0.15) is 114 Å². The molecule has 0 aliphatic carbocycles. The Bertz CT molecular complexity index is 3830. The minimum absolute atomic E-state index is 0. The Hall–Kier alpha value is -11.8. The Morgan fingerprint density at radius 3 is 0.618 bits per heavy atom. The number of carboxylic acid groups (broad SMARTS) is 4. The molecule has 524 valence electrons. The summed E-state index contributed by atoms with van der Waals surface area (Å²) in [5.74, 6) is -6.61. The molecule has 10 aromatic rings. The topological polar surface area (TPSA) is 443 Å². The maximum atomic E-state index is 11.7. The summed E-state index contributed by atoms with van der Waals surface area (Å²) in [6.07, 6.45) is 19.0. The second-order valence-electron chi connectivity index (χ2n) is 19.0. The molecule has 0 saturated carbocycles. The molecule has 0 bridgehead atoms. The SMILES string of the molecule is C/C(=N\N=C(/[O-])c1ccncc1)c1ccccn1.C/C(=N\N=C(/[O-])c1ccncc1)c1ccccn1.C/C(=N\N=C(/[O-])c1ccncc1)c1ccccn1.C/C(=N\N=C(/[O-])c1ccncc1)c1ccccn1.O=C(O)c1cc(Cl)c(C(=O)O)cc1Cl.O=C(O)c1cc(Cl)c(C(=O)O)cc1Cl.[Ni+2].[Ni+2]. The van der Waals surface area contributed by atoms with E-state index in [2.05, 4.69) is 80.7 Å². The summed E-state index contributed by atoms with van der Waals surface area (Å²) in [6.45, 7) is 7.02. The van der Waals surface area contributed by atoms with Gasteiger partial charge < -0.3 is 40.9 Å². The van der Waals surface area contributed by atoms with Crippen molar-refractivity contribution in [1.82, 2.24) is 39.9 Å². The van der Waals surface area contributed by atoms with Gasteiger partial charge in [-0.15, -0.1) is 0 Å². The van der Waals surface area contributed by atoms with E-state index in [-0.39, 0.29) is 75.3 Å². The molecule has 0 aliphatic heterocycles. The molecule has 102 heavy (non-hydrogen) atoms. The quantitative estimate of drug-likeness (QED) is 0.0303. The van der Waals surface area contributed by atoms with Gasteiger partial charge in [0, 0.05) is 98.0 Å². The number of halogens is 4. The molecule has 0 amide bonds. The molecule has 34 heteroatoms. The molecule has 28 nitrogen and oxygen atoms in total. The van der Waals surface area contributed by atoms with Crippen molar-refractivity contribution in [2.75, 3.05) is 0 Å². The van der Waals surface area contributed by atoms with Crippen molar-refractivity contribution in [1.29, 1.82) is 0 Å². The third-order valence-corrected chi connectivity index (χ3v) is 13.3. The Morgan fingerprint density at radius 2 is 0.471 bits per heavy atom. The number of nitrogens with zero attached hydrogens (tertiary/aromatic N) is 16. The molecule has 0 unspecified atom stereocenters. The third-order valence-electron chi connectivity index (χ3n) is 12.0. The summed E-state index contributed by atoms with van der Waals surface area (Å²) in [4.78, 5) is 74.1. The number of hydrogen-bond donors (Lipinski definition) is 4. The predicted octanol–water partition coefficient (Wildman–Crippen LogP) is 8.81. The van der Waals surface area contributed by atoms with Crippen LogP contribution in [-0.2, 0) is 33.0 Å². The standard InChI is InChI=1S/4C13H12N4O.2C8H4Cl2O4.2Ni/c4*1-10(12-4-2-3-7-15-12)16-17-13(18)11-5-8-14-9-6-11;2*9-5-1-3(7(11)12)6(10)2-4(5)8(13)14;;/h4*2-9H,1H3,(H,17,18);2*1-2H,(H,11,12)(H,13,14);;/q;;;;;;2*+2/p-4/b4*16-10+;;;;. The van der Waals surface area contributed by atoms with Gasteiger partial charge in [-0.25, -0.2) is 19.2 Å². The monoisotopic (exact) mass is 1540 g/mol. The first-order valence-electron chi connectivity index (χ1n) is 28.3. The van der Waals surface area contributed by atoms with Gasteiger partial charge in [0.1, 0.15) is 0 Å². The maximum Gasteiger partial charge on any atom is 2.00 e. The molecule has 0 fully saturated rings. The average molecular weight is 1540 g/mol. The summed E-state index contributed by atoms with van der Waals surface area (Å²) < 4.78 is 0. The van der Waals surface area contributed by atoms with Crippen molar-refractivity contribution in [2.24, 2.45) is 40.8 Å². The van der Waals surface area contributed by atoms with E-state index in [1.54, 1.807) is 101 Å². The van der Waals surface area contributed by atoms with Crippen molar-refractivity contribution in [3.05, 3.63) is 307 Å². The fraction of sp³-hybridized carbons (Fsp3) is 0.0588. The van der Waals surface area contributed by atoms with Crippen LogP contribution in [0.25, 0.3) is 0 Å². The molecule has 0 radical (unpaired) electrons. The number of benzene rings is 2. The second kappa shape index (κ2) is 45.0. The Balaban J connectivity index is 0.000000318. The number of pyridine rings is 8. The van der Waals surface area contributed by atoms with Crippen molar-refractivity contribution in [2.45, 2.75) is 27.7 Å². The molecule has 8 aromatic heterocycles. The first kappa shape index (κ1) is 84.5. The van der Waals surface area contributed by atoms with E-state index in [1.807, 2.05) is 72.8 Å². The van der Waals surface area contributed by atoms with Gasteiger partial charge in [0.15, 0.2) is 0 Å². The van der Waals surface area contributed by atoms with Gasteiger partial charge in [-0.2, -0.15) is 40.8 Å². The smallest absolute Gasteiger partial charge is 0.857 e. The second-order valence-corrected chi connectivity index (χ2v) is 20.6. The maximum absolute atomic E-state index is 11.7. The van der Waals surface area contributed by atoms with E-state index in [0.717, 1.165) is 24.3 Å². The summed E-state index contributed by atoms with van der Waals surface area (Å²) in [5, 5.41) is 111. The Morgan fingerprint density at radius 1 is 0.294 bits per heavy atom. The van der Waals surface area contributed by atoms with Gasteiger partial charge in [-0.1, -0.05) is 70.7 Å². The summed E-state index contributed by atoms with van der Waals surface area (Å²) in [6, 6.07) is 38.7. The third kappa shape index (κ3) is 29.0. The van der Waals surface area contributed by atoms with Gasteiger partial charge in [0.05, 0.1) is 88.0 Å². The number of aromatic nitrogens is 8. The number of rotatable bonds is 16. The Labute approximate surface area is 621 Å². The average Bonchev–Trinajstić information content (AvgIpc) is 0.832. The van der Waals surface area contributed by atoms with Gasteiger partial charge in [-0.05, 0) is 171 Å². The molecule has 0 saturated heterocycles. The van der Waals surface area contributed by atoms with Crippen LogP contribution in [0.15, 0.2) is 261 Å². The zero-order valence-corrected chi connectivity index (χ0v) is 58.1. The number of aromatic carboxylic acids is 4. The van der Waals surface area contributed by atoms with E-state index < -0.39 is 47.5 Å². The van der Waals surface area contributed by atoms with Crippen LogP contribution in [0.4, 0.5) is 0 Å². The molecule has 0 spiro atoms. The van der Waals surface area contributed by atoms with Gasteiger partial charge in [-0.3, -0.25) is 39.9 Å². The van der Waals surface area contributed by atoms with Crippen molar-refractivity contribution in [3.63, 3.8) is 0 Å². The van der Waals surface area contributed by atoms with Gasteiger partial charge in [0.25, 0.3) is 0 Å². The molecular weight excluding hydrogens is 1490 g/mol. The zero-order chi connectivity index (χ0) is 72.9. The Kier molecular flexibility index (Phi) is 37.3. The fourth-order valence-electron chi connectivity index (χ4n) is 6.95. The minimum Gasteiger partial charge on any atom is -0.857 e. The van der Waals surface area contributed by atoms with Crippen LogP contribution in [0.5, 0.6) is 0 Å². The summed E-state index contributed by atoms with van der Waals surface area (Å²) in [5.41, 5.74) is 6.13. The van der Waals surface area contributed by atoms with Crippen molar-refractivity contribution in [3.8, 4) is 0 Å². The van der Waals surface area contributed by atoms with Crippen molar-refractivity contribution < 1.29 is 93.0 Å². The predicted molar refractivity (Wildman–Crippen MR) is 370 cm³/mol. The molecule has 4 N–H and O–H groups in total. The van der Waals surface area contributed by atoms with E-state index in [0.29, 0.717) is 67.9 Å². The largest absolute Gasteiger partial charge is 2.00 e. The van der Waals surface area contributed by atoms with Gasteiger partial charge >= 0.3 is 56.9 Å². The molecule has 2 aromatic carbocycles. The van der Waals surface area contributed by atoms with E-state index >= 15 is 0 Å². The number of carbonyl (C=O) groups is 4. The first-order chi connectivity index (χ1) is 47.9. The van der Waals surface area contributed by atoms with Crippen LogP contribution < -0.4 is 20.4 Å². The molecular formula is C68H52Cl4N16Ni2O12. The van der Waals surface area contributed by atoms with Crippen LogP contribution in [0.2, 0.25) is 20.1 Å². The first-order valence-corrected chi connectivity index (χ1v) is 29.8. The minimum atomic E-state index is -1.26. The molecule has 10 rings (SSSR count). The molecule has 0 atom stereocenters. The zero-order valence-electron chi connectivity index (χ0n) is 53.1. The van der Waals surface area contributed by atoms with E-state index in [4.69, 9.17) is 66.8 Å². The van der Waals surface area contributed by atoms with Crippen LogP contribution in [0.3, 0.4) is 0 Å². The van der Waals surface area contributed by atoms with Crippen molar-refractivity contribution >= 4 is 117 Å². The van der Waals surface area contributed by atoms with Crippen LogP contribution in [-0.4, -0.2) is 131 Å².